The lowest BCUT2D eigenvalue weighted by atomic mass is 9.80. The van der Waals surface area contributed by atoms with E-state index in [1.807, 2.05) is 41.0 Å². The third-order valence-electron chi connectivity index (χ3n) is 6.68. The van der Waals surface area contributed by atoms with Gasteiger partial charge in [0.1, 0.15) is 6.10 Å². The number of benzene rings is 1. The normalized spacial score (nSPS) is 30.9. The number of nitrogens with zero attached hydrogens (tertiary/aromatic N) is 2. The number of hydrogen-bond acceptors (Lipinski definition) is 3. The summed E-state index contributed by atoms with van der Waals surface area (Å²) in [6.45, 7) is 7.33. The second-order valence-electron chi connectivity index (χ2n) is 8.51. The molecule has 0 aromatic heterocycles. The van der Waals surface area contributed by atoms with Crippen LogP contribution in [0, 0.1) is 12.8 Å². The van der Waals surface area contributed by atoms with Crippen LogP contribution in [0.15, 0.2) is 24.3 Å². The molecule has 5 nitrogen and oxygen atoms in total. The predicted molar refractivity (Wildman–Crippen MR) is 104 cm³/mol. The Labute approximate surface area is 161 Å². The number of amides is 2. The fourth-order valence-corrected chi connectivity index (χ4v) is 4.86. The zero-order valence-corrected chi connectivity index (χ0v) is 16.4. The maximum Gasteiger partial charge on any atom is 0.253 e. The number of ether oxygens (including phenoxy) is 1. The van der Waals surface area contributed by atoms with Crippen LogP contribution < -0.4 is 0 Å². The molecule has 0 unspecified atom stereocenters. The first-order valence-electron chi connectivity index (χ1n) is 10.3. The van der Waals surface area contributed by atoms with Crippen molar-refractivity contribution in [2.45, 2.75) is 57.7 Å². The molecule has 146 valence electrons. The molecule has 1 spiro atoms. The summed E-state index contributed by atoms with van der Waals surface area (Å²) in [5, 5.41) is 0. The predicted octanol–water partition coefficient (Wildman–Crippen LogP) is 3.02. The Bertz CT molecular complexity index is 711. The van der Waals surface area contributed by atoms with E-state index in [9.17, 15) is 9.59 Å². The average molecular weight is 370 g/mol. The van der Waals surface area contributed by atoms with Crippen LogP contribution in [0.25, 0.3) is 0 Å². The van der Waals surface area contributed by atoms with Gasteiger partial charge in [0.25, 0.3) is 11.8 Å². The minimum atomic E-state index is -0.287. The fraction of sp³-hybridized carbons (Fsp3) is 0.636. The highest BCUT2D eigenvalue weighted by molar-refractivity contribution is 5.94. The highest BCUT2D eigenvalue weighted by atomic mass is 16.5. The van der Waals surface area contributed by atoms with Gasteiger partial charge in [-0.15, -0.1) is 0 Å². The Kier molecular flexibility index (Phi) is 4.97. The van der Waals surface area contributed by atoms with E-state index in [0.717, 1.165) is 56.3 Å². The topological polar surface area (TPSA) is 49.9 Å². The Morgan fingerprint density at radius 1 is 1.04 bits per heavy atom. The third-order valence-corrected chi connectivity index (χ3v) is 6.68. The van der Waals surface area contributed by atoms with Crippen molar-refractivity contribution in [1.82, 2.24) is 9.80 Å². The van der Waals surface area contributed by atoms with Crippen molar-refractivity contribution in [3.05, 3.63) is 35.4 Å². The molecular formula is C22H30N2O3. The molecule has 27 heavy (non-hydrogen) atoms. The van der Waals surface area contributed by atoms with E-state index in [0.29, 0.717) is 13.1 Å². The van der Waals surface area contributed by atoms with Crippen LogP contribution in [0.3, 0.4) is 0 Å². The molecule has 3 heterocycles. The van der Waals surface area contributed by atoms with Crippen molar-refractivity contribution in [2.24, 2.45) is 5.92 Å². The summed E-state index contributed by atoms with van der Waals surface area (Å²) in [4.78, 5) is 29.4. The van der Waals surface area contributed by atoms with Crippen LogP contribution in [-0.4, -0.2) is 59.5 Å². The summed E-state index contributed by atoms with van der Waals surface area (Å²) in [6.07, 6.45) is 4.48. The molecule has 0 radical (unpaired) electrons. The van der Waals surface area contributed by atoms with Gasteiger partial charge in [0.15, 0.2) is 0 Å². The number of likely N-dealkylation sites (tertiary alicyclic amines) is 2. The van der Waals surface area contributed by atoms with Gasteiger partial charge in [-0.1, -0.05) is 24.6 Å². The van der Waals surface area contributed by atoms with Gasteiger partial charge in [-0.2, -0.15) is 0 Å². The quantitative estimate of drug-likeness (QED) is 0.804. The van der Waals surface area contributed by atoms with E-state index >= 15 is 0 Å². The number of aryl methyl sites for hydroxylation is 1. The van der Waals surface area contributed by atoms with Crippen molar-refractivity contribution in [3.63, 3.8) is 0 Å². The molecule has 3 fully saturated rings. The van der Waals surface area contributed by atoms with Crippen LogP contribution in [0.2, 0.25) is 0 Å². The van der Waals surface area contributed by atoms with Crippen LogP contribution in [0.4, 0.5) is 0 Å². The number of rotatable bonds is 2. The molecule has 1 aromatic rings. The SMILES string of the molecule is Cc1ccc(C(=O)N2CC[C@]3(CC[C@H](C(=O)N4CCCC4)O3)[C@H](C)C2)cc1. The van der Waals surface area contributed by atoms with Crippen molar-refractivity contribution in [3.8, 4) is 0 Å². The molecule has 0 bridgehead atoms. The summed E-state index contributed by atoms with van der Waals surface area (Å²) in [7, 11) is 0. The lowest BCUT2D eigenvalue weighted by Gasteiger charge is -2.44. The van der Waals surface area contributed by atoms with Gasteiger partial charge in [-0.05, 0) is 51.2 Å². The monoisotopic (exact) mass is 370 g/mol. The molecular weight excluding hydrogens is 340 g/mol. The Morgan fingerprint density at radius 3 is 2.41 bits per heavy atom. The van der Waals surface area contributed by atoms with Gasteiger partial charge in [0.05, 0.1) is 5.60 Å². The minimum absolute atomic E-state index is 0.0967. The number of carbonyl (C=O) groups is 2. The van der Waals surface area contributed by atoms with Gasteiger partial charge in [0, 0.05) is 37.7 Å². The molecule has 0 saturated carbocycles. The van der Waals surface area contributed by atoms with Gasteiger partial charge < -0.3 is 14.5 Å². The largest absolute Gasteiger partial charge is 0.362 e. The fourth-order valence-electron chi connectivity index (χ4n) is 4.86. The smallest absolute Gasteiger partial charge is 0.253 e. The Morgan fingerprint density at radius 2 is 1.74 bits per heavy atom. The van der Waals surface area contributed by atoms with Gasteiger partial charge in [-0.25, -0.2) is 0 Å². The Balaban J connectivity index is 1.39. The van der Waals surface area contributed by atoms with E-state index in [4.69, 9.17) is 4.74 Å². The maximum atomic E-state index is 12.8. The van der Waals surface area contributed by atoms with Gasteiger partial charge in [-0.3, -0.25) is 9.59 Å². The number of carbonyl (C=O) groups excluding carboxylic acids is 2. The standard InChI is InChI=1S/C22H30N2O3/c1-16-5-7-18(8-6-16)20(25)24-14-11-22(17(2)15-24)10-9-19(27-22)21(26)23-12-3-4-13-23/h5-8,17,19H,3-4,9-15H2,1-2H3/t17-,19-,22-/m1/s1. The lowest BCUT2D eigenvalue weighted by Crippen LogP contribution is -2.53. The molecule has 1 aromatic carbocycles. The summed E-state index contributed by atoms with van der Waals surface area (Å²) in [5.74, 6) is 0.506. The van der Waals surface area contributed by atoms with Crippen molar-refractivity contribution in [1.29, 1.82) is 0 Å². The molecule has 3 aliphatic rings. The van der Waals surface area contributed by atoms with E-state index in [2.05, 4.69) is 6.92 Å². The highest BCUT2D eigenvalue weighted by Gasteiger charge is 2.50. The zero-order valence-electron chi connectivity index (χ0n) is 16.4. The van der Waals surface area contributed by atoms with Gasteiger partial charge in [0.2, 0.25) is 0 Å². The summed E-state index contributed by atoms with van der Waals surface area (Å²) in [6, 6.07) is 7.78. The van der Waals surface area contributed by atoms with E-state index in [1.165, 1.54) is 0 Å². The first kappa shape index (κ1) is 18.5. The molecule has 0 N–H and O–H groups in total. The van der Waals surface area contributed by atoms with Crippen molar-refractivity contribution < 1.29 is 14.3 Å². The first-order valence-corrected chi connectivity index (χ1v) is 10.3. The highest BCUT2D eigenvalue weighted by Crippen LogP contribution is 2.43. The number of hydrogen-bond donors (Lipinski definition) is 0. The van der Waals surface area contributed by atoms with E-state index in [-0.39, 0.29) is 29.4 Å². The average Bonchev–Trinajstić information content (AvgIpc) is 3.35. The summed E-state index contributed by atoms with van der Waals surface area (Å²) >= 11 is 0. The van der Waals surface area contributed by atoms with Gasteiger partial charge >= 0.3 is 0 Å². The van der Waals surface area contributed by atoms with E-state index < -0.39 is 0 Å². The summed E-state index contributed by atoms with van der Waals surface area (Å²) < 4.78 is 6.40. The molecule has 4 rings (SSSR count). The van der Waals surface area contributed by atoms with E-state index in [1.54, 1.807) is 0 Å². The minimum Gasteiger partial charge on any atom is -0.362 e. The van der Waals surface area contributed by atoms with Crippen molar-refractivity contribution >= 4 is 11.8 Å². The molecule has 3 saturated heterocycles. The second kappa shape index (κ2) is 7.27. The second-order valence-corrected chi connectivity index (χ2v) is 8.51. The Hall–Kier alpha value is -1.88. The molecule has 5 heteroatoms. The van der Waals surface area contributed by atoms with Crippen molar-refractivity contribution in [2.75, 3.05) is 26.2 Å². The van der Waals surface area contributed by atoms with Crippen LogP contribution in [0.1, 0.15) is 54.9 Å². The van der Waals surface area contributed by atoms with Crippen LogP contribution >= 0.6 is 0 Å². The molecule has 3 aliphatic heterocycles. The molecule has 0 aliphatic carbocycles. The lowest BCUT2D eigenvalue weighted by molar-refractivity contribution is -0.154. The molecule has 2 amide bonds. The molecule has 3 atom stereocenters. The third kappa shape index (κ3) is 3.49. The van der Waals surface area contributed by atoms with Crippen LogP contribution in [0.5, 0.6) is 0 Å². The zero-order chi connectivity index (χ0) is 19.0. The number of piperidine rings is 1. The van der Waals surface area contributed by atoms with Crippen LogP contribution in [-0.2, 0) is 9.53 Å². The maximum absolute atomic E-state index is 12.8. The summed E-state index contributed by atoms with van der Waals surface area (Å²) in [5.41, 5.74) is 1.66. The first-order chi connectivity index (χ1) is 13.0.